The normalized spacial score (nSPS) is 12.4. The van der Waals surface area contributed by atoms with Crippen LogP contribution in [0.5, 0.6) is 23.0 Å². The smallest absolute Gasteiger partial charge is 0.265 e. The van der Waals surface area contributed by atoms with Crippen molar-refractivity contribution in [2.24, 2.45) is 0 Å². The molecule has 1 aliphatic rings. The van der Waals surface area contributed by atoms with Crippen LogP contribution in [0.3, 0.4) is 0 Å². The number of rotatable bonds is 11. The Morgan fingerprint density at radius 2 is 1.78 bits per heavy atom. The zero-order valence-electron chi connectivity index (χ0n) is 20.5. The number of unbranched alkanes of at least 4 members (excludes halogenated alkanes) is 1. The highest BCUT2D eigenvalue weighted by molar-refractivity contribution is 5.99. The van der Waals surface area contributed by atoms with E-state index in [0.29, 0.717) is 41.8 Å². The molecule has 0 bridgehead atoms. The van der Waals surface area contributed by atoms with Crippen molar-refractivity contribution in [3.8, 4) is 23.0 Å². The fraction of sp³-hybridized carbons (Fsp3) is 0.286. The van der Waals surface area contributed by atoms with Gasteiger partial charge in [-0.15, -0.1) is 0 Å². The van der Waals surface area contributed by atoms with E-state index in [0.717, 1.165) is 18.6 Å². The van der Waals surface area contributed by atoms with Gasteiger partial charge in [0.05, 0.1) is 19.4 Å². The highest BCUT2D eigenvalue weighted by atomic mass is 16.5. The van der Waals surface area contributed by atoms with Gasteiger partial charge in [0.2, 0.25) is 0 Å². The van der Waals surface area contributed by atoms with Crippen LogP contribution in [0.25, 0.3) is 0 Å². The van der Waals surface area contributed by atoms with Gasteiger partial charge in [-0.25, -0.2) is 0 Å². The maximum atomic E-state index is 12.6. The van der Waals surface area contributed by atoms with Crippen LogP contribution in [0.1, 0.15) is 18.4 Å². The summed E-state index contributed by atoms with van der Waals surface area (Å²) in [6.45, 7) is 2.96. The minimum absolute atomic E-state index is 0.00699. The summed E-state index contributed by atoms with van der Waals surface area (Å²) in [4.78, 5) is 26.7. The Hall–Kier alpha value is -4.20. The van der Waals surface area contributed by atoms with E-state index in [2.05, 4.69) is 5.32 Å². The van der Waals surface area contributed by atoms with Crippen molar-refractivity contribution < 1.29 is 28.5 Å². The molecule has 0 fully saturated rings. The van der Waals surface area contributed by atoms with Gasteiger partial charge in [0.1, 0.15) is 23.0 Å². The number of nitrogens with zero attached hydrogens (tertiary/aromatic N) is 1. The van der Waals surface area contributed by atoms with Crippen molar-refractivity contribution in [2.45, 2.75) is 19.8 Å². The molecule has 0 aliphatic carbocycles. The van der Waals surface area contributed by atoms with Gasteiger partial charge in [-0.05, 0) is 62.2 Å². The molecule has 1 heterocycles. The molecule has 0 atom stereocenters. The molecule has 4 rings (SSSR count). The quantitative estimate of drug-likeness (QED) is 0.395. The predicted octanol–water partition coefficient (Wildman–Crippen LogP) is 4.61. The van der Waals surface area contributed by atoms with Crippen molar-refractivity contribution >= 4 is 23.2 Å². The zero-order chi connectivity index (χ0) is 25.3. The third-order valence-electron chi connectivity index (χ3n) is 5.66. The second-order valence-electron chi connectivity index (χ2n) is 8.40. The summed E-state index contributed by atoms with van der Waals surface area (Å²) in [7, 11) is 1.57. The topological polar surface area (TPSA) is 86.3 Å². The lowest BCUT2D eigenvalue weighted by atomic mass is 10.2. The molecule has 0 saturated carbocycles. The highest BCUT2D eigenvalue weighted by Gasteiger charge is 2.25. The van der Waals surface area contributed by atoms with Gasteiger partial charge in [-0.3, -0.25) is 9.59 Å². The number of amides is 2. The van der Waals surface area contributed by atoms with Crippen LogP contribution < -0.4 is 29.2 Å². The highest BCUT2D eigenvalue weighted by Crippen LogP contribution is 2.35. The second kappa shape index (κ2) is 12.0. The number of ether oxygens (including phenoxy) is 4. The van der Waals surface area contributed by atoms with E-state index >= 15 is 0 Å². The lowest BCUT2D eigenvalue weighted by Crippen LogP contribution is -2.39. The first kappa shape index (κ1) is 24.9. The molecule has 36 heavy (non-hydrogen) atoms. The number of aryl methyl sites for hydroxylation is 1. The molecular weight excluding hydrogens is 460 g/mol. The molecule has 0 aromatic heterocycles. The standard InChI is InChI=1S/C28H30N2O6/c1-20-8-11-22(12-9-20)34-15-4-3-14-30-25-16-21(10-13-26(25)36-19-28(30)32)29-27(31)18-35-24-7-5-6-23(17-24)33-2/h5-13,16-17H,3-4,14-15,18-19H2,1-2H3,(H,29,31). The Morgan fingerprint density at radius 1 is 0.972 bits per heavy atom. The van der Waals surface area contributed by atoms with Crippen molar-refractivity contribution in [1.82, 2.24) is 0 Å². The number of fused-ring (bicyclic) bond motifs is 1. The van der Waals surface area contributed by atoms with Gasteiger partial charge in [0, 0.05) is 18.3 Å². The van der Waals surface area contributed by atoms with E-state index in [1.165, 1.54) is 5.56 Å². The SMILES string of the molecule is COc1cccc(OCC(=O)Nc2ccc3c(c2)N(CCCCOc2ccc(C)cc2)C(=O)CO3)c1. The van der Waals surface area contributed by atoms with Crippen LogP contribution in [0.15, 0.2) is 66.7 Å². The number of anilines is 2. The first-order chi connectivity index (χ1) is 17.5. The number of hydrogen-bond acceptors (Lipinski definition) is 6. The fourth-order valence-electron chi connectivity index (χ4n) is 3.76. The number of methoxy groups -OCH3 is 1. The molecule has 3 aromatic carbocycles. The Balaban J connectivity index is 1.30. The Morgan fingerprint density at radius 3 is 2.58 bits per heavy atom. The van der Waals surface area contributed by atoms with Gasteiger partial charge in [-0.2, -0.15) is 0 Å². The number of hydrogen-bond donors (Lipinski definition) is 1. The largest absolute Gasteiger partial charge is 0.497 e. The van der Waals surface area contributed by atoms with Crippen LogP contribution in [0, 0.1) is 6.92 Å². The van der Waals surface area contributed by atoms with E-state index in [-0.39, 0.29) is 25.0 Å². The maximum Gasteiger partial charge on any atom is 0.265 e. The molecule has 1 aliphatic heterocycles. The third kappa shape index (κ3) is 6.69. The van der Waals surface area contributed by atoms with Gasteiger partial charge in [-0.1, -0.05) is 23.8 Å². The van der Waals surface area contributed by atoms with Crippen molar-refractivity contribution in [2.75, 3.05) is 43.7 Å². The van der Waals surface area contributed by atoms with E-state index in [9.17, 15) is 9.59 Å². The molecule has 8 nitrogen and oxygen atoms in total. The van der Waals surface area contributed by atoms with E-state index in [4.69, 9.17) is 18.9 Å². The Kier molecular flexibility index (Phi) is 8.28. The summed E-state index contributed by atoms with van der Waals surface area (Å²) in [5, 5.41) is 2.82. The molecule has 0 saturated heterocycles. The van der Waals surface area contributed by atoms with Crippen molar-refractivity contribution in [3.05, 3.63) is 72.3 Å². The summed E-state index contributed by atoms with van der Waals surface area (Å²) >= 11 is 0. The molecule has 188 valence electrons. The lowest BCUT2D eigenvalue weighted by molar-refractivity contribution is -0.121. The molecule has 0 unspecified atom stereocenters. The molecule has 1 N–H and O–H groups in total. The third-order valence-corrected chi connectivity index (χ3v) is 5.66. The van der Waals surface area contributed by atoms with Crippen LogP contribution in [-0.2, 0) is 9.59 Å². The zero-order valence-corrected chi connectivity index (χ0v) is 20.5. The van der Waals surface area contributed by atoms with Crippen LogP contribution >= 0.6 is 0 Å². The minimum Gasteiger partial charge on any atom is -0.497 e. The van der Waals surface area contributed by atoms with Gasteiger partial charge >= 0.3 is 0 Å². The first-order valence-corrected chi connectivity index (χ1v) is 11.9. The monoisotopic (exact) mass is 490 g/mol. The fourth-order valence-corrected chi connectivity index (χ4v) is 3.76. The first-order valence-electron chi connectivity index (χ1n) is 11.9. The van der Waals surface area contributed by atoms with Gasteiger partial charge in [0.15, 0.2) is 13.2 Å². The van der Waals surface area contributed by atoms with E-state index in [1.54, 1.807) is 54.5 Å². The minimum atomic E-state index is -0.319. The molecule has 3 aromatic rings. The Bertz CT molecular complexity index is 1190. The molecule has 0 radical (unpaired) electrons. The van der Waals surface area contributed by atoms with Crippen LogP contribution in [-0.4, -0.2) is 45.3 Å². The molecule has 2 amide bonds. The van der Waals surface area contributed by atoms with Crippen molar-refractivity contribution in [3.63, 3.8) is 0 Å². The Labute approximate surface area is 210 Å². The summed E-state index contributed by atoms with van der Waals surface area (Å²) in [6.07, 6.45) is 1.56. The molecule has 8 heteroatoms. The summed E-state index contributed by atoms with van der Waals surface area (Å²) < 4.78 is 22.1. The number of carbonyl (C=O) groups excluding carboxylic acids is 2. The average molecular weight is 491 g/mol. The number of nitrogens with one attached hydrogen (secondary N) is 1. The summed E-state index contributed by atoms with van der Waals surface area (Å²) in [5.74, 6) is 2.19. The van der Waals surface area contributed by atoms with E-state index < -0.39 is 0 Å². The second-order valence-corrected chi connectivity index (χ2v) is 8.40. The molecular formula is C28H30N2O6. The maximum absolute atomic E-state index is 12.6. The van der Waals surface area contributed by atoms with E-state index in [1.807, 2.05) is 31.2 Å². The average Bonchev–Trinajstić information content (AvgIpc) is 2.89. The summed E-state index contributed by atoms with van der Waals surface area (Å²) in [6, 6.07) is 20.2. The van der Waals surface area contributed by atoms with Gasteiger partial charge in [0.25, 0.3) is 11.8 Å². The molecule has 0 spiro atoms. The van der Waals surface area contributed by atoms with Crippen LogP contribution in [0.4, 0.5) is 11.4 Å². The predicted molar refractivity (Wildman–Crippen MR) is 137 cm³/mol. The number of carbonyl (C=O) groups is 2. The lowest BCUT2D eigenvalue weighted by Gasteiger charge is -2.30. The van der Waals surface area contributed by atoms with Crippen LogP contribution in [0.2, 0.25) is 0 Å². The van der Waals surface area contributed by atoms with Gasteiger partial charge < -0.3 is 29.2 Å². The number of benzene rings is 3. The summed E-state index contributed by atoms with van der Waals surface area (Å²) in [5.41, 5.74) is 2.38. The van der Waals surface area contributed by atoms with Crippen molar-refractivity contribution in [1.29, 1.82) is 0 Å².